The minimum Gasteiger partial charge on any atom is -0.381 e. The summed E-state index contributed by atoms with van der Waals surface area (Å²) >= 11 is 0. The molecule has 1 aliphatic heterocycles. The summed E-state index contributed by atoms with van der Waals surface area (Å²) in [5.74, 6) is 0. The van der Waals surface area contributed by atoms with Gasteiger partial charge in [0.1, 0.15) is 0 Å². The van der Waals surface area contributed by atoms with Gasteiger partial charge in [-0.05, 0) is 26.2 Å². The van der Waals surface area contributed by atoms with Crippen molar-refractivity contribution >= 4 is 0 Å². The first kappa shape index (κ1) is 9.75. The Labute approximate surface area is 75.0 Å². The van der Waals surface area contributed by atoms with Gasteiger partial charge in [-0.1, -0.05) is 12.2 Å². The van der Waals surface area contributed by atoms with Gasteiger partial charge in [0.05, 0.1) is 0 Å². The van der Waals surface area contributed by atoms with Crippen molar-refractivity contribution in [2.24, 2.45) is 0 Å². The molecule has 0 amide bonds. The Morgan fingerprint density at radius 1 is 1.50 bits per heavy atom. The molecule has 1 unspecified atom stereocenters. The van der Waals surface area contributed by atoms with Crippen molar-refractivity contribution < 1.29 is 4.74 Å². The molecule has 1 atom stereocenters. The number of rotatable bonds is 3. The standard InChI is InChI=1S/C10H19NO/c1-9(2)8-11-10-4-3-6-12-7-5-10/h10-11H,1,3-8H2,2H3. The summed E-state index contributed by atoms with van der Waals surface area (Å²) in [6.07, 6.45) is 3.58. The topological polar surface area (TPSA) is 21.3 Å². The molecular weight excluding hydrogens is 150 g/mol. The quantitative estimate of drug-likeness (QED) is 0.649. The Morgan fingerprint density at radius 3 is 3.08 bits per heavy atom. The molecule has 1 saturated heterocycles. The van der Waals surface area contributed by atoms with E-state index in [0.717, 1.165) is 26.2 Å². The van der Waals surface area contributed by atoms with Crippen molar-refractivity contribution in [2.45, 2.75) is 32.2 Å². The lowest BCUT2D eigenvalue weighted by Gasteiger charge is -2.14. The van der Waals surface area contributed by atoms with Gasteiger partial charge in [0.25, 0.3) is 0 Å². The van der Waals surface area contributed by atoms with Gasteiger partial charge in [-0.25, -0.2) is 0 Å². The molecule has 1 fully saturated rings. The van der Waals surface area contributed by atoms with Crippen LogP contribution in [-0.4, -0.2) is 25.8 Å². The van der Waals surface area contributed by atoms with Gasteiger partial charge in [0, 0.05) is 25.8 Å². The van der Waals surface area contributed by atoms with Crippen molar-refractivity contribution in [3.05, 3.63) is 12.2 Å². The molecule has 2 heteroatoms. The molecule has 0 aliphatic carbocycles. The van der Waals surface area contributed by atoms with E-state index in [0.29, 0.717) is 6.04 Å². The zero-order valence-electron chi connectivity index (χ0n) is 7.94. The van der Waals surface area contributed by atoms with Crippen molar-refractivity contribution in [2.75, 3.05) is 19.8 Å². The van der Waals surface area contributed by atoms with E-state index in [2.05, 4.69) is 18.8 Å². The van der Waals surface area contributed by atoms with Gasteiger partial charge in [0.15, 0.2) is 0 Å². The lowest BCUT2D eigenvalue weighted by atomic mass is 10.1. The fourth-order valence-corrected chi connectivity index (χ4v) is 1.43. The molecule has 0 saturated carbocycles. The highest BCUT2D eigenvalue weighted by Gasteiger charge is 2.10. The van der Waals surface area contributed by atoms with Crippen LogP contribution in [-0.2, 0) is 4.74 Å². The van der Waals surface area contributed by atoms with Crippen LogP contribution in [0.3, 0.4) is 0 Å². The maximum Gasteiger partial charge on any atom is 0.0480 e. The minimum absolute atomic E-state index is 0.643. The summed E-state index contributed by atoms with van der Waals surface area (Å²) < 4.78 is 5.37. The van der Waals surface area contributed by atoms with Crippen LogP contribution in [0.5, 0.6) is 0 Å². The molecule has 1 heterocycles. The van der Waals surface area contributed by atoms with Gasteiger partial charge < -0.3 is 10.1 Å². The third-order valence-corrected chi connectivity index (χ3v) is 2.14. The molecule has 2 nitrogen and oxygen atoms in total. The first-order chi connectivity index (χ1) is 5.79. The number of nitrogens with one attached hydrogen (secondary N) is 1. The molecule has 0 spiro atoms. The Balaban J connectivity index is 2.16. The molecule has 0 radical (unpaired) electrons. The molecule has 0 aromatic heterocycles. The van der Waals surface area contributed by atoms with Gasteiger partial charge in [-0.3, -0.25) is 0 Å². The first-order valence-corrected chi connectivity index (χ1v) is 4.74. The highest BCUT2D eigenvalue weighted by Crippen LogP contribution is 2.07. The van der Waals surface area contributed by atoms with Gasteiger partial charge in [-0.2, -0.15) is 0 Å². The van der Waals surface area contributed by atoms with Crippen molar-refractivity contribution in [3.8, 4) is 0 Å². The SMILES string of the molecule is C=C(C)CNC1CCCOCC1. The summed E-state index contributed by atoms with van der Waals surface area (Å²) in [6, 6.07) is 0.643. The fraction of sp³-hybridized carbons (Fsp3) is 0.800. The Morgan fingerprint density at radius 2 is 2.33 bits per heavy atom. The molecule has 0 bridgehead atoms. The molecule has 12 heavy (non-hydrogen) atoms. The largest absolute Gasteiger partial charge is 0.381 e. The van der Waals surface area contributed by atoms with Crippen LogP contribution in [0.1, 0.15) is 26.2 Å². The lowest BCUT2D eigenvalue weighted by molar-refractivity contribution is 0.142. The highest BCUT2D eigenvalue weighted by atomic mass is 16.5. The average Bonchev–Trinajstić information content (AvgIpc) is 2.28. The summed E-state index contributed by atoms with van der Waals surface area (Å²) in [6.45, 7) is 8.72. The van der Waals surface area contributed by atoms with E-state index in [1.807, 2.05) is 0 Å². The third kappa shape index (κ3) is 3.88. The fourth-order valence-electron chi connectivity index (χ4n) is 1.43. The normalized spacial score (nSPS) is 24.9. The van der Waals surface area contributed by atoms with Crippen molar-refractivity contribution in [3.63, 3.8) is 0 Å². The number of hydrogen-bond acceptors (Lipinski definition) is 2. The van der Waals surface area contributed by atoms with E-state index in [-0.39, 0.29) is 0 Å². The van der Waals surface area contributed by atoms with E-state index in [4.69, 9.17) is 4.74 Å². The van der Waals surface area contributed by atoms with E-state index < -0.39 is 0 Å². The zero-order valence-corrected chi connectivity index (χ0v) is 7.94. The zero-order chi connectivity index (χ0) is 8.81. The Bertz CT molecular complexity index is 137. The van der Waals surface area contributed by atoms with Crippen LogP contribution >= 0.6 is 0 Å². The average molecular weight is 169 g/mol. The maximum atomic E-state index is 5.37. The predicted molar refractivity (Wildman–Crippen MR) is 51.3 cm³/mol. The summed E-state index contributed by atoms with van der Waals surface area (Å²) in [7, 11) is 0. The molecule has 1 rings (SSSR count). The summed E-state index contributed by atoms with van der Waals surface area (Å²) in [4.78, 5) is 0. The van der Waals surface area contributed by atoms with Gasteiger partial charge in [0.2, 0.25) is 0 Å². The van der Waals surface area contributed by atoms with Crippen LogP contribution in [0.4, 0.5) is 0 Å². The van der Waals surface area contributed by atoms with Crippen molar-refractivity contribution in [1.29, 1.82) is 0 Å². The van der Waals surface area contributed by atoms with E-state index in [1.54, 1.807) is 0 Å². The first-order valence-electron chi connectivity index (χ1n) is 4.74. The van der Waals surface area contributed by atoms with Crippen molar-refractivity contribution in [1.82, 2.24) is 5.32 Å². The number of ether oxygens (including phenoxy) is 1. The van der Waals surface area contributed by atoms with Crippen LogP contribution in [0.25, 0.3) is 0 Å². The minimum atomic E-state index is 0.643. The van der Waals surface area contributed by atoms with E-state index >= 15 is 0 Å². The number of hydrogen-bond donors (Lipinski definition) is 1. The molecule has 0 aromatic rings. The molecule has 1 N–H and O–H groups in total. The Kier molecular flexibility index (Phi) is 4.33. The van der Waals surface area contributed by atoms with E-state index in [9.17, 15) is 0 Å². The Hall–Kier alpha value is -0.340. The van der Waals surface area contributed by atoms with E-state index in [1.165, 1.54) is 18.4 Å². The monoisotopic (exact) mass is 169 g/mol. The molecule has 1 aliphatic rings. The second-order valence-electron chi connectivity index (χ2n) is 3.58. The molecule has 0 aromatic carbocycles. The van der Waals surface area contributed by atoms with Crippen LogP contribution in [0, 0.1) is 0 Å². The summed E-state index contributed by atoms with van der Waals surface area (Å²) in [5, 5.41) is 3.48. The second-order valence-corrected chi connectivity index (χ2v) is 3.58. The van der Waals surface area contributed by atoms with Gasteiger partial charge >= 0.3 is 0 Å². The second kappa shape index (κ2) is 5.33. The summed E-state index contributed by atoms with van der Waals surface area (Å²) in [5.41, 5.74) is 1.21. The predicted octanol–water partition coefficient (Wildman–Crippen LogP) is 1.72. The highest BCUT2D eigenvalue weighted by molar-refractivity contribution is 4.91. The van der Waals surface area contributed by atoms with Crippen LogP contribution < -0.4 is 5.32 Å². The molecule has 70 valence electrons. The molecular formula is C10H19NO. The lowest BCUT2D eigenvalue weighted by Crippen LogP contribution is -2.30. The van der Waals surface area contributed by atoms with Gasteiger partial charge in [-0.15, -0.1) is 0 Å². The smallest absolute Gasteiger partial charge is 0.0480 e. The van der Waals surface area contributed by atoms with Crippen LogP contribution in [0.15, 0.2) is 12.2 Å². The third-order valence-electron chi connectivity index (χ3n) is 2.14. The van der Waals surface area contributed by atoms with Crippen LogP contribution in [0.2, 0.25) is 0 Å². The maximum absolute atomic E-state index is 5.37.